The van der Waals surface area contributed by atoms with E-state index in [2.05, 4.69) is 47.2 Å². The monoisotopic (exact) mass is 496 g/mol. The van der Waals surface area contributed by atoms with Crippen LogP contribution >= 0.6 is 11.8 Å². The van der Waals surface area contributed by atoms with E-state index in [-0.39, 0.29) is 12.3 Å². The molecule has 36 heavy (non-hydrogen) atoms. The lowest BCUT2D eigenvalue weighted by atomic mass is 10.1. The van der Waals surface area contributed by atoms with Gasteiger partial charge in [0.05, 0.1) is 23.4 Å². The molecule has 1 amide bonds. The average Bonchev–Trinajstić information content (AvgIpc) is 3.30. The zero-order valence-corrected chi connectivity index (χ0v) is 21.7. The summed E-state index contributed by atoms with van der Waals surface area (Å²) >= 11 is 1.36. The average molecular weight is 497 g/mol. The number of aromatic nitrogens is 4. The van der Waals surface area contributed by atoms with Crippen LogP contribution in [0.25, 0.3) is 17.1 Å². The Morgan fingerprint density at radius 1 is 1.03 bits per heavy atom. The Morgan fingerprint density at radius 2 is 1.75 bits per heavy atom. The lowest BCUT2D eigenvalue weighted by Crippen LogP contribution is -2.37. The van der Waals surface area contributed by atoms with Gasteiger partial charge in [-0.3, -0.25) is 14.3 Å². The number of nitriles is 1. The smallest absolute Gasteiger partial charge is 0.240 e. The maximum atomic E-state index is 13.6. The number of carbonyl (C=O) groups excluding carboxylic acids is 1. The van der Waals surface area contributed by atoms with Crippen LogP contribution in [-0.2, 0) is 4.79 Å². The van der Waals surface area contributed by atoms with Crippen LogP contribution in [0, 0.1) is 32.1 Å². The molecule has 0 spiro atoms. The number of rotatable bonds is 8. The second-order valence-corrected chi connectivity index (χ2v) is 9.95. The Morgan fingerprint density at radius 3 is 2.42 bits per heavy atom. The molecule has 2 heterocycles. The second-order valence-electron chi connectivity index (χ2n) is 8.64. The van der Waals surface area contributed by atoms with Gasteiger partial charge in [-0.15, -0.1) is 10.2 Å². The molecule has 0 bridgehead atoms. The quantitative estimate of drug-likeness (QED) is 0.292. The number of amides is 1. The lowest BCUT2D eigenvalue weighted by Gasteiger charge is -2.25. The maximum Gasteiger partial charge on any atom is 0.240 e. The van der Waals surface area contributed by atoms with E-state index in [1.54, 1.807) is 17.3 Å². The Labute approximate surface area is 215 Å². The van der Waals surface area contributed by atoms with Crippen molar-refractivity contribution in [2.24, 2.45) is 0 Å². The Hall–Kier alpha value is -3.96. The highest BCUT2D eigenvalue weighted by Crippen LogP contribution is 2.32. The van der Waals surface area contributed by atoms with Gasteiger partial charge in [0.2, 0.25) is 5.91 Å². The molecule has 0 saturated heterocycles. The number of hydrogen-bond donors (Lipinski definition) is 0. The maximum absolute atomic E-state index is 13.6. The molecule has 0 fully saturated rings. The SMILES string of the molecule is Cc1ccc(N(CCC#N)C(=O)C(C)Sc2nnc(-c3ccncc3)n2-c2ccc(C)c(C)c2)cc1. The highest BCUT2D eigenvalue weighted by molar-refractivity contribution is 8.00. The van der Waals surface area contributed by atoms with Gasteiger partial charge in [-0.05, 0) is 75.2 Å². The number of pyridine rings is 1. The minimum Gasteiger partial charge on any atom is -0.310 e. The van der Waals surface area contributed by atoms with E-state index in [9.17, 15) is 4.79 Å². The third kappa shape index (κ3) is 5.47. The van der Waals surface area contributed by atoms with Crippen LogP contribution in [0.2, 0.25) is 0 Å². The van der Waals surface area contributed by atoms with E-state index < -0.39 is 5.25 Å². The molecule has 2 aromatic carbocycles. The normalized spacial score (nSPS) is 11.6. The van der Waals surface area contributed by atoms with Gasteiger partial charge in [-0.25, -0.2) is 0 Å². The number of aryl methyl sites for hydroxylation is 3. The van der Waals surface area contributed by atoms with E-state index in [0.29, 0.717) is 17.5 Å². The zero-order chi connectivity index (χ0) is 25.7. The van der Waals surface area contributed by atoms with Crippen molar-refractivity contribution in [1.82, 2.24) is 19.7 Å². The minimum absolute atomic E-state index is 0.0841. The first-order chi connectivity index (χ1) is 17.4. The molecule has 0 aliphatic rings. The van der Waals surface area contributed by atoms with Gasteiger partial charge in [0, 0.05) is 30.2 Å². The van der Waals surface area contributed by atoms with E-state index in [0.717, 1.165) is 28.1 Å². The fraction of sp³-hybridized carbons (Fsp3) is 0.250. The Kier molecular flexibility index (Phi) is 7.81. The first-order valence-corrected chi connectivity index (χ1v) is 12.6. The highest BCUT2D eigenvalue weighted by Gasteiger charge is 2.26. The van der Waals surface area contributed by atoms with Gasteiger partial charge in [-0.1, -0.05) is 35.5 Å². The molecule has 1 atom stereocenters. The van der Waals surface area contributed by atoms with Crippen LogP contribution < -0.4 is 4.90 Å². The summed E-state index contributed by atoms with van der Waals surface area (Å²) in [5, 5.41) is 18.3. The van der Waals surface area contributed by atoms with Gasteiger partial charge < -0.3 is 4.90 Å². The van der Waals surface area contributed by atoms with Crippen LogP contribution in [0.5, 0.6) is 0 Å². The van der Waals surface area contributed by atoms with Crippen LogP contribution in [0.1, 0.15) is 30.0 Å². The molecule has 8 heteroatoms. The Balaban J connectivity index is 1.70. The molecule has 7 nitrogen and oxygen atoms in total. The summed E-state index contributed by atoms with van der Waals surface area (Å²) in [6.45, 7) is 8.35. The molecule has 0 aliphatic carbocycles. The standard InChI is InChI=1S/C28H28N6OS/c1-19-6-9-24(10-7-19)33(17-5-14-29)27(35)22(4)36-28-32-31-26(23-12-15-30-16-13-23)34(28)25-11-8-20(2)21(3)18-25/h6-13,15-16,18,22H,5,17H2,1-4H3. The molecule has 4 aromatic rings. The number of thioether (sulfide) groups is 1. The molecule has 4 rings (SSSR count). The van der Waals surface area contributed by atoms with Crippen molar-refractivity contribution in [3.8, 4) is 23.1 Å². The summed E-state index contributed by atoms with van der Waals surface area (Å²) in [5.41, 5.74) is 6.06. The van der Waals surface area contributed by atoms with Crippen molar-refractivity contribution in [3.05, 3.63) is 83.7 Å². The summed E-state index contributed by atoms with van der Waals surface area (Å²) in [4.78, 5) is 19.4. The van der Waals surface area contributed by atoms with Crippen molar-refractivity contribution in [2.75, 3.05) is 11.4 Å². The van der Waals surface area contributed by atoms with Gasteiger partial charge in [0.25, 0.3) is 0 Å². The van der Waals surface area contributed by atoms with Gasteiger partial charge in [-0.2, -0.15) is 5.26 Å². The zero-order valence-electron chi connectivity index (χ0n) is 20.8. The predicted molar refractivity (Wildman–Crippen MR) is 143 cm³/mol. The van der Waals surface area contributed by atoms with Gasteiger partial charge in [0.1, 0.15) is 0 Å². The van der Waals surface area contributed by atoms with E-state index in [1.807, 2.05) is 60.9 Å². The molecule has 1 unspecified atom stereocenters. The number of hydrogen-bond acceptors (Lipinski definition) is 6. The number of anilines is 1. The van der Waals surface area contributed by atoms with Crippen LogP contribution in [0.15, 0.2) is 72.1 Å². The summed E-state index contributed by atoms with van der Waals surface area (Å²) in [6, 6.07) is 19.9. The number of nitrogens with zero attached hydrogens (tertiary/aromatic N) is 6. The van der Waals surface area contributed by atoms with Crippen LogP contribution in [0.3, 0.4) is 0 Å². The topological polar surface area (TPSA) is 87.7 Å². The van der Waals surface area contributed by atoms with Crippen LogP contribution in [-0.4, -0.2) is 37.5 Å². The van der Waals surface area contributed by atoms with Crippen molar-refractivity contribution in [2.45, 2.75) is 44.5 Å². The first-order valence-electron chi connectivity index (χ1n) is 11.7. The van der Waals surface area contributed by atoms with E-state index >= 15 is 0 Å². The van der Waals surface area contributed by atoms with Crippen molar-refractivity contribution >= 4 is 23.4 Å². The highest BCUT2D eigenvalue weighted by atomic mass is 32.2. The summed E-state index contributed by atoms with van der Waals surface area (Å²) < 4.78 is 1.99. The fourth-order valence-electron chi connectivity index (χ4n) is 3.81. The van der Waals surface area contributed by atoms with Gasteiger partial charge >= 0.3 is 0 Å². The van der Waals surface area contributed by atoms with Crippen molar-refractivity contribution in [1.29, 1.82) is 5.26 Å². The fourth-order valence-corrected chi connectivity index (χ4v) is 4.74. The molecular weight excluding hydrogens is 468 g/mol. The summed E-state index contributed by atoms with van der Waals surface area (Å²) in [5.74, 6) is 0.599. The number of carbonyl (C=O) groups is 1. The van der Waals surface area contributed by atoms with Crippen molar-refractivity contribution in [3.63, 3.8) is 0 Å². The summed E-state index contributed by atoms with van der Waals surface area (Å²) in [7, 11) is 0. The van der Waals surface area contributed by atoms with Crippen molar-refractivity contribution < 1.29 is 4.79 Å². The molecule has 0 aliphatic heterocycles. The van der Waals surface area contributed by atoms with Crippen LogP contribution in [0.4, 0.5) is 5.69 Å². The second kappa shape index (κ2) is 11.2. The Bertz CT molecular complexity index is 1390. The molecule has 182 valence electrons. The molecule has 0 N–H and O–H groups in total. The third-order valence-electron chi connectivity index (χ3n) is 6.01. The van der Waals surface area contributed by atoms with Gasteiger partial charge in [0.15, 0.2) is 11.0 Å². The predicted octanol–water partition coefficient (Wildman–Crippen LogP) is 5.68. The molecule has 2 aromatic heterocycles. The van der Waals surface area contributed by atoms with E-state index in [4.69, 9.17) is 5.26 Å². The largest absolute Gasteiger partial charge is 0.310 e. The summed E-state index contributed by atoms with van der Waals surface area (Å²) in [6.07, 6.45) is 3.70. The first kappa shape index (κ1) is 25.1. The lowest BCUT2D eigenvalue weighted by molar-refractivity contribution is -0.117. The van der Waals surface area contributed by atoms with E-state index in [1.165, 1.54) is 17.3 Å². The number of benzene rings is 2. The molecule has 0 saturated carbocycles. The molecule has 0 radical (unpaired) electrons. The molecular formula is C28H28N6OS. The minimum atomic E-state index is -0.454. The third-order valence-corrected chi connectivity index (χ3v) is 7.04.